The number of hydrogen-bond acceptors (Lipinski definition) is 4. The maximum absolute atomic E-state index is 10.8. The van der Waals surface area contributed by atoms with E-state index in [-0.39, 0.29) is 17.9 Å². The van der Waals surface area contributed by atoms with Crippen molar-refractivity contribution in [3.05, 3.63) is 11.3 Å². The maximum atomic E-state index is 10.8. The van der Waals surface area contributed by atoms with E-state index in [9.17, 15) is 10.2 Å². The van der Waals surface area contributed by atoms with Gasteiger partial charge in [-0.25, -0.2) is 0 Å². The highest BCUT2D eigenvalue weighted by Gasteiger charge is 2.52. The highest BCUT2D eigenvalue weighted by Crippen LogP contribution is 2.59. The first kappa shape index (κ1) is 23.1. The first-order valence-electron chi connectivity index (χ1n) is 11.9. The summed E-state index contributed by atoms with van der Waals surface area (Å²) in [5.41, 5.74) is 1.48. The second-order valence-corrected chi connectivity index (χ2v) is 10.7. The molecular formula is C25H44O4. The summed E-state index contributed by atoms with van der Waals surface area (Å²) in [7, 11) is 3.50. The summed E-state index contributed by atoms with van der Waals surface area (Å²) in [4.78, 5) is 0. The van der Waals surface area contributed by atoms with Gasteiger partial charge in [0.05, 0.1) is 25.1 Å². The van der Waals surface area contributed by atoms with Gasteiger partial charge in [-0.1, -0.05) is 26.7 Å². The topological polar surface area (TPSA) is 58.9 Å². The van der Waals surface area contributed by atoms with Gasteiger partial charge < -0.3 is 19.7 Å². The standard InChI is InChI=1S/C25H44O4/c1-16-7-6-8-25(13-16,21-9-17(2)23(26)19(11-21)14-28-4)22-10-18(3)24(27)20(12-22)15-29-5/h16-17,19-23,26-27H,6-15H2,1-5H3. The molecule has 8 atom stereocenters. The van der Waals surface area contributed by atoms with Crippen molar-refractivity contribution < 1.29 is 19.7 Å². The minimum atomic E-state index is -0.248. The Morgan fingerprint density at radius 1 is 1.03 bits per heavy atom. The quantitative estimate of drug-likeness (QED) is 0.621. The van der Waals surface area contributed by atoms with Crippen LogP contribution in [0.15, 0.2) is 11.3 Å². The Balaban J connectivity index is 1.92. The van der Waals surface area contributed by atoms with E-state index in [1.807, 2.05) is 0 Å². The van der Waals surface area contributed by atoms with E-state index in [4.69, 9.17) is 9.47 Å². The molecule has 3 rings (SSSR count). The predicted octanol–water partition coefficient (Wildman–Crippen LogP) is 5.36. The number of methoxy groups -OCH3 is 2. The van der Waals surface area contributed by atoms with Crippen molar-refractivity contribution in [1.29, 1.82) is 0 Å². The van der Waals surface area contributed by atoms with E-state index in [0.717, 1.165) is 31.6 Å². The molecule has 0 bridgehead atoms. The van der Waals surface area contributed by atoms with E-state index >= 15 is 0 Å². The van der Waals surface area contributed by atoms with Crippen LogP contribution >= 0.6 is 0 Å². The molecule has 0 spiro atoms. The van der Waals surface area contributed by atoms with E-state index in [1.54, 1.807) is 14.2 Å². The molecule has 0 aromatic carbocycles. The summed E-state index contributed by atoms with van der Waals surface area (Å²) in [6.07, 6.45) is 9.23. The van der Waals surface area contributed by atoms with Gasteiger partial charge in [0.15, 0.2) is 0 Å². The van der Waals surface area contributed by atoms with E-state index < -0.39 is 0 Å². The number of hydrogen-bond donors (Lipinski definition) is 2. The summed E-state index contributed by atoms with van der Waals surface area (Å²) < 4.78 is 11.0. The molecule has 2 N–H and O–H groups in total. The smallest absolute Gasteiger partial charge is 0.0965 e. The molecule has 3 aliphatic rings. The van der Waals surface area contributed by atoms with Crippen LogP contribution in [0.4, 0.5) is 0 Å². The lowest BCUT2D eigenvalue weighted by atomic mass is 9.50. The van der Waals surface area contributed by atoms with Crippen LogP contribution in [-0.4, -0.2) is 43.8 Å². The lowest BCUT2D eigenvalue weighted by Gasteiger charge is -2.56. The van der Waals surface area contributed by atoms with Crippen LogP contribution in [0.1, 0.15) is 72.1 Å². The van der Waals surface area contributed by atoms with Crippen LogP contribution in [0.2, 0.25) is 0 Å². The van der Waals surface area contributed by atoms with Gasteiger partial charge in [0.25, 0.3) is 0 Å². The van der Waals surface area contributed by atoms with Crippen molar-refractivity contribution >= 4 is 0 Å². The normalized spacial score (nSPS) is 44.1. The van der Waals surface area contributed by atoms with E-state index in [1.165, 1.54) is 31.3 Å². The highest BCUT2D eigenvalue weighted by molar-refractivity contribution is 5.16. The number of aliphatic hydroxyl groups excluding tert-OH is 2. The SMILES string of the molecule is COCC1CC(C2(C3CC(C)C(O)C(COC)C3)CCCC(C)C2)CC(C)=C1O. The van der Waals surface area contributed by atoms with Gasteiger partial charge in [-0.2, -0.15) is 0 Å². The summed E-state index contributed by atoms with van der Waals surface area (Å²) in [6.45, 7) is 8.04. The fraction of sp³-hybridized carbons (Fsp3) is 0.920. The van der Waals surface area contributed by atoms with Crippen LogP contribution in [0.5, 0.6) is 0 Å². The van der Waals surface area contributed by atoms with Gasteiger partial charge in [-0.3, -0.25) is 0 Å². The maximum Gasteiger partial charge on any atom is 0.0965 e. The van der Waals surface area contributed by atoms with Gasteiger partial charge in [0.2, 0.25) is 0 Å². The Kier molecular flexibility index (Phi) is 7.72. The van der Waals surface area contributed by atoms with Crippen molar-refractivity contribution in [3.63, 3.8) is 0 Å². The number of rotatable bonds is 6. The summed E-state index contributed by atoms with van der Waals surface area (Å²) >= 11 is 0. The molecule has 0 aromatic heterocycles. The van der Waals surface area contributed by atoms with Crippen molar-refractivity contribution in [2.75, 3.05) is 27.4 Å². The Morgan fingerprint density at radius 2 is 1.76 bits per heavy atom. The molecule has 4 heteroatoms. The molecule has 0 amide bonds. The van der Waals surface area contributed by atoms with Crippen molar-refractivity contribution in [2.24, 2.45) is 40.9 Å². The second-order valence-electron chi connectivity index (χ2n) is 10.7. The molecule has 0 heterocycles. The third-order valence-corrected chi connectivity index (χ3v) is 8.70. The fourth-order valence-corrected chi connectivity index (χ4v) is 7.36. The van der Waals surface area contributed by atoms with E-state index in [0.29, 0.717) is 42.1 Å². The molecule has 2 saturated carbocycles. The first-order chi connectivity index (χ1) is 13.8. The predicted molar refractivity (Wildman–Crippen MR) is 117 cm³/mol. The van der Waals surface area contributed by atoms with Crippen LogP contribution in [0.3, 0.4) is 0 Å². The molecule has 0 saturated heterocycles. The van der Waals surface area contributed by atoms with Crippen LogP contribution in [0, 0.1) is 40.9 Å². The summed E-state index contributed by atoms with van der Waals surface area (Å²) in [5.74, 6) is 3.26. The van der Waals surface area contributed by atoms with Crippen LogP contribution in [-0.2, 0) is 9.47 Å². The number of aliphatic hydroxyl groups is 2. The summed E-state index contributed by atoms with van der Waals surface area (Å²) in [5, 5.41) is 21.5. The zero-order valence-electron chi connectivity index (χ0n) is 19.3. The largest absolute Gasteiger partial charge is 0.512 e. The zero-order chi connectivity index (χ0) is 21.2. The molecule has 2 fully saturated rings. The Hall–Kier alpha value is -0.580. The zero-order valence-corrected chi connectivity index (χ0v) is 19.3. The second kappa shape index (κ2) is 9.70. The minimum Gasteiger partial charge on any atom is -0.512 e. The molecule has 0 aromatic rings. The highest BCUT2D eigenvalue weighted by atomic mass is 16.5. The van der Waals surface area contributed by atoms with Gasteiger partial charge >= 0.3 is 0 Å². The lowest BCUT2D eigenvalue weighted by Crippen LogP contribution is -2.50. The minimum absolute atomic E-state index is 0.134. The molecule has 3 aliphatic carbocycles. The fourth-order valence-electron chi connectivity index (χ4n) is 7.36. The monoisotopic (exact) mass is 408 g/mol. The van der Waals surface area contributed by atoms with Crippen molar-refractivity contribution in [2.45, 2.75) is 78.2 Å². The Labute approximate surface area is 178 Å². The molecule has 0 aliphatic heterocycles. The Bertz CT molecular complexity index is 573. The molecule has 29 heavy (non-hydrogen) atoms. The van der Waals surface area contributed by atoms with Crippen molar-refractivity contribution in [1.82, 2.24) is 0 Å². The average molecular weight is 409 g/mol. The molecule has 8 unspecified atom stereocenters. The van der Waals surface area contributed by atoms with Gasteiger partial charge in [-0.15, -0.1) is 0 Å². The average Bonchev–Trinajstić information content (AvgIpc) is 2.68. The summed E-state index contributed by atoms with van der Waals surface area (Å²) in [6, 6.07) is 0. The molecular weight excluding hydrogens is 364 g/mol. The van der Waals surface area contributed by atoms with Gasteiger partial charge in [0.1, 0.15) is 0 Å². The Morgan fingerprint density at radius 3 is 2.41 bits per heavy atom. The molecule has 4 nitrogen and oxygen atoms in total. The van der Waals surface area contributed by atoms with Crippen LogP contribution in [0.25, 0.3) is 0 Å². The van der Waals surface area contributed by atoms with E-state index in [2.05, 4.69) is 20.8 Å². The third kappa shape index (κ3) is 4.70. The lowest BCUT2D eigenvalue weighted by molar-refractivity contribution is -0.0950. The molecule has 168 valence electrons. The van der Waals surface area contributed by atoms with Gasteiger partial charge in [0, 0.05) is 26.1 Å². The first-order valence-corrected chi connectivity index (χ1v) is 11.9. The number of ether oxygens (including phenoxy) is 2. The van der Waals surface area contributed by atoms with Gasteiger partial charge in [-0.05, 0) is 80.1 Å². The molecule has 0 radical (unpaired) electrons. The van der Waals surface area contributed by atoms with Crippen LogP contribution < -0.4 is 0 Å². The van der Waals surface area contributed by atoms with Crippen molar-refractivity contribution in [3.8, 4) is 0 Å². The number of allylic oxidation sites excluding steroid dienone is 1. The third-order valence-electron chi connectivity index (χ3n) is 8.70.